The molecule has 0 aliphatic carbocycles. The van der Waals surface area contributed by atoms with Crippen LogP contribution >= 0.6 is 0 Å². The molecule has 0 saturated heterocycles. The Bertz CT molecular complexity index is 1340. The van der Waals surface area contributed by atoms with Gasteiger partial charge < -0.3 is 15.4 Å². The molecule has 5 heteroatoms. The number of carbonyl (C=O) groups excluding carboxylic acids is 2. The van der Waals surface area contributed by atoms with Crippen molar-refractivity contribution in [2.24, 2.45) is 0 Å². The van der Waals surface area contributed by atoms with Gasteiger partial charge in [-0.15, -0.1) is 0 Å². The van der Waals surface area contributed by atoms with Gasteiger partial charge in [0.15, 0.2) is 6.61 Å². The molecule has 0 radical (unpaired) electrons. The van der Waals surface area contributed by atoms with Crippen LogP contribution in [0.4, 0.5) is 11.4 Å². The fourth-order valence-electron chi connectivity index (χ4n) is 3.70. The Morgan fingerprint density at radius 1 is 0.727 bits per heavy atom. The van der Waals surface area contributed by atoms with Gasteiger partial charge in [-0.05, 0) is 66.9 Å². The maximum absolute atomic E-state index is 13.2. The highest BCUT2D eigenvalue weighted by atomic mass is 16.5. The molecule has 4 aromatic rings. The summed E-state index contributed by atoms with van der Waals surface area (Å²) in [6, 6.07) is 24.7. The van der Waals surface area contributed by atoms with Gasteiger partial charge in [0, 0.05) is 11.4 Å². The zero-order valence-corrected chi connectivity index (χ0v) is 18.9. The van der Waals surface area contributed by atoms with Crippen LogP contribution in [0.15, 0.2) is 78.9 Å². The zero-order chi connectivity index (χ0) is 23.4. The number of hydrogen-bond donors (Lipinski definition) is 2. The van der Waals surface area contributed by atoms with Gasteiger partial charge in [-0.25, -0.2) is 0 Å². The maximum Gasteiger partial charge on any atom is 0.262 e. The molecule has 2 amide bonds. The maximum atomic E-state index is 13.2. The quantitative estimate of drug-likeness (QED) is 0.386. The highest BCUT2D eigenvalue weighted by Gasteiger charge is 2.17. The van der Waals surface area contributed by atoms with E-state index in [1.54, 1.807) is 12.1 Å². The summed E-state index contributed by atoms with van der Waals surface area (Å²) in [5.41, 5.74) is 4.91. The molecule has 0 unspecified atom stereocenters. The van der Waals surface area contributed by atoms with Gasteiger partial charge in [0.05, 0.1) is 5.56 Å². The summed E-state index contributed by atoms with van der Waals surface area (Å²) in [5.74, 6) is -0.226. The SMILES string of the molecule is Cc1ccc(NC(=O)COc2cc3ccccc3cc2C(=O)Nc2ccccc2C)c(C)c1. The number of carbonyl (C=O) groups is 2. The standard InChI is InChI=1S/C28H26N2O3/c1-18-12-13-25(20(3)14-18)29-27(31)17-33-26-16-22-10-6-5-9-21(22)15-23(26)28(32)30-24-11-7-4-8-19(24)2/h4-16H,17H2,1-3H3,(H,29,31)(H,30,32). The van der Waals surface area contributed by atoms with E-state index < -0.39 is 0 Å². The summed E-state index contributed by atoms with van der Waals surface area (Å²) in [4.78, 5) is 25.7. The number of nitrogens with one attached hydrogen (secondary N) is 2. The monoisotopic (exact) mass is 438 g/mol. The molecule has 0 aromatic heterocycles. The zero-order valence-electron chi connectivity index (χ0n) is 18.9. The molecule has 0 aliphatic heterocycles. The van der Waals surface area contributed by atoms with Crippen molar-refractivity contribution in [3.8, 4) is 5.75 Å². The van der Waals surface area contributed by atoms with Crippen molar-refractivity contribution in [1.29, 1.82) is 0 Å². The third-order valence-corrected chi connectivity index (χ3v) is 5.50. The Morgan fingerprint density at radius 2 is 1.39 bits per heavy atom. The summed E-state index contributed by atoms with van der Waals surface area (Å²) < 4.78 is 5.86. The lowest BCUT2D eigenvalue weighted by molar-refractivity contribution is -0.118. The lowest BCUT2D eigenvalue weighted by atomic mass is 10.0. The molecule has 0 fully saturated rings. The van der Waals surface area contributed by atoms with E-state index in [9.17, 15) is 9.59 Å². The van der Waals surface area contributed by atoms with E-state index in [1.807, 2.05) is 87.5 Å². The van der Waals surface area contributed by atoms with Crippen molar-refractivity contribution in [1.82, 2.24) is 0 Å². The van der Waals surface area contributed by atoms with Crippen LogP contribution in [0.5, 0.6) is 5.75 Å². The number of anilines is 2. The molecule has 166 valence electrons. The third kappa shape index (κ3) is 5.21. The van der Waals surface area contributed by atoms with Crippen LogP contribution in [0.25, 0.3) is 10.8 Å². The number of benzene rings is 4. The van der Waals surface area contributed by atoms with Crippen molar-refractivity contribution in [3.05, 3.63) is 101 Å². The van der Waals surface area contributed by atoms with E-state index in [2.05, 4.69) is 10.6 Å². The fourth-order valence-corrected chi connectivity index (χ4v) is 3.70. The van der Waals surface area contributed by atoms with Gasteiger partial charge >= 0.3 is 0 Å². The second-order valence-electron chi connectivity index (χ2n) is 8.12. The number of fused-ring (bicyclic) bond motifs is 1. The normalized spacial score (nSPS) is 10.6. The first-order chi connectivity index (χ1) is 15.9. The molecule has 0 saturated carbocycles. The Balaban J connectivity index is 1.57. The molecule has 0 atom stereocenters. The summed E-state index contributed by atoms with van der Waals surface area (Å²) in [7, 11) is 0. The minimum atomic E-state index is -0.292. The van der Waals surface area contributed by atoms with Crippen molar-refractivity contribution in [2.75, 3.05) is 17.2 Å². The number of rotatable bonds is 6. The van der Waals surface area contributed by atoms with Crippen LogP contribution in [0.1, 0.15) is 27.0 Å². The molecule has 0 spiro atoms. The number of aryl methyl sites for hydroxylation is 3. The Kier molecular flexibility index (Phi) is 6.41. The van der Waals surface area contributed by atoms with E-state index >= 15 is 0 Å². The predicted molar refractivity (Wildman–Crippen MR) is 133 cm³/mol. The first-order valence-corrected chi connectivity index (χ1v) is 10.8. The molecule has 33 heavy (non-hydrogen) atoms. The Labute approximate surface area is 193 Å². The van der Waals surface area contributed by atoms with Crippen molar-refractivity contribution in [3.63, 3.8) is 0 Å². The minimum Gasteiger partial charge on any atom is -0.483 e. The lowest BCUT2D eigenvalue weighted by Gasteiger charge is -2.15. The smallest absolute Gasteiger partial charge is 0.262 e. The Hall–Kier alpha value is -4.12. The number of ether oxygens (including phenoxy) is 1. The highest BCUT2D eigenvalue weighted by molar-refractivity contribution is 6.09. The second kappa shape index (κ2) is 9.57. The molecule has 5 nitrogen and oxygen atoms in total. The largest absolute Gasteiger partial charge is 0.483 e. The van der Waals surface area contributed by atoms with E-state index in [0.717, 1.165) is 38.8 Å². The lowest BCUT2D eigenvalue weighted by Crippen LogP contribution is -2.22. The highest BCUT2D eigenvalue weighted by Crippen LogP contribution is 2.28. The van der Waals surface area contributed by atoms with Gasteiger partial charge in [-0.3, -0.25) is 9.59 Å². The summed E-state index contributed by atoms with van der Waals surface area (Å²) in [5, 5.41) is 7.67. The summed E-state index contributed by atoms with van der Waals surface area (Å²) >= 11 is 0. The van der Waals surface area contributed by atoms with Crippen molar-refractivity contribution in [2.45, 2.75) is 20.8 Å². The molecule has 0 aliphatic rings. The summed E-state index contributed by atoms with van der Waals surface area (Å²) in [6.45, 7) is 5.67. The van der Waals surface area contributed by atoms with Crippen LogP contribution < -0.4 is 15.4 Å². The van der Waals surface area contributed by atoms with Gasteiger partial charge in [0.2, 0.25) is 0 Å². The van der Waals surface area contributed by atoms with Crippen LogP contribution in [0, 0.1) is 20.8 Å². The average molecular weight is 439 g/mol. The topological polar surface area (TPSA) is 67.4 Å². The molecular weight excluding hydrogens is 412 g/mol. The predicted octanol–water partition coefficient (Wildman–Crippen LogP) is 6.03. The molecule has 4 aromatic carbocycles. The van der Waals surface area contributed by atoms with E-state index in [1.165, 1.54) is 0 Å². The van der Waals surface area contributed by atoms with Gasteiger partial charge in [0.1, 0.15) is 5.75 Å². The van der Waals surface area contributed by atoms with Gasteiger partial charge in [0.25, 0.3) is 11.8 Å². The second-order valence-corrected chi connectivity index (χ2v) is 8.12. The van der Waals surface area contributed by atoms with Gasteiger partial charge in [-0.2, -0.15) is 0 Å². The molecular formula is C28H26N2O3. The summed E-state index contributed by atoms with van der Waals surface area (Å²) in [6.07, 6.45) is 0. The van der Waals surface area contributed by atoms with Gasteiger partial charge in [-0.1, -0.05) is 60.2 Å². The van der Waals surface area contributed by atoms with E-state index in [4.69, 9.17) is 4.74 Å². The number of para-hydroxylation sites is 1. The molecule has 4 rings (SSSR count). The molecule has 0 heterocycles. The van der Waals surface area contributed by atoms with Crippen LogP contribution in [0.2, 0.25) is 0 Å². The van der Waals surface area contributed by atoms with Crippen LogP contribution in [-0.4, -0.2) is 18.4 Å². The third-order valence-electron chi connectivity index (χ3n) is 5.50. The van der Waals surface area contributed by atoms with Crippen molar-refractivity contribution < 1.29 is 14.3 Å². The first kappa shape index (κ1) is 22.1. The Morgan fingerprint density at radius 3 is 2.12 bits per heavy atom. The van der Waals surface area contributed by atoms with E-state index in [-0.39, 0.29) is 18.4 Å². The molecule has 2 N–H and O–H groups in total. The van der Waals surface area contributed by atoms with E-state index in [0.29, 0.717) is 11.3 Å². The first-order valence-electron chi connectivity index (χ1n) is 10.8. The number of hydrogen-bond acceptors (Lipinski definition) is 3. The average Bonchev–Trinajstić information content (AvgIpc) is 2.80. The van der Waals surface area contributed by atoms with Crippen LogP contribution in [-0.2, 0) is 4.79 Å². The number of amides is 2. The molecule has 0 bridgehead atoms. The minimum absolute atomic E-state index is 0.212. The van der Waals surface area contributed by atoms with Crippen molar-refractivity contribution >= 4 is 34.0 Å². The van der Waals surface area contributed by atoms with Crippen LogP contribution in [0.3, 0.4) is 0 Å². The fraction of sp³-hybridized carbons (Fsp3) is 0.143.